The predicted molar refractivity (Wildman–Crippen MR) is 107 cm³/mol. The summed E-state index contributed by atoms with van der Waals surface area (Å²) in [5.41, 5.74) is 3.65. The molecule has 0 aromatic heterocycles. The number of hydrogen-bond donors (Lipinski definition) is 1. The summed E-state index contributed by atoms with van der Waals surface area (Å²) < 4.78 is 25.0. The van der Waals surface area contributed by atoms with Crippen LogP contribution in [-0.2, 0) is 13.2 Å². The van der Waals surface area contributed by atoms with Crippen molar-refractivity contribution in [3.8, 4) is 11.5 Å². The smallest absolute Gasteiger partial charge is 0.180 e. The number of ether oxygens (including phenoxy) is 2. The minimum absolute atomic E-state index is 0.0730. The summed E-state index contributed by atoms with van der Waals surface area (Å²) >= 11 is 6.41. The predicted octanol–water partition coefficient (Wildman–Crippen LogP) is 5.99. The zero-order valence-electron chi connectivity index (χ0n) is 15.3. The van der Waals surface area contributed by atoms with E-state index in [1.165, 1.54) is 11.6 Å². The van der Waals surface area contributed by atoms with Crippen LogP contribution in [-0.4, -0.2) is 7.11 Å². The van der Waals surface area contributed by atoms with Gasteiger partial charge in [0, 0.05) is 17.8 Å². The molecule has 0 atom stereocenters. The van der Waals surface area contributed by atoms with Gasteiger partial charge in [-0.2, -0.15) is 0 Å². The van der Waals surface area contributed by atoms with Crippen molar-refractivity contribution in [3.05, 3.63) is 88.2 Å². The third-order valence-electron chi connectivity index (χ3n) is 4.25. The molecule has 0 saturated carbocycles. The summed E-state index contributed by atoms with van der Waals surface area (Å²) in [5, 5.41) is 3.81. The van der Waals surface area contributed by atoms with Crippen LogP contribution in [0.5, 0.6) is 11.5 Å². The Bertz CT molecular complexity index is 930. The average Bonchev–Trinajstić information content (AvgIpc) is 2.67. The first-order chi connectivity index (χ1) is 13.1. The second-order valence-electron chi connectivity index (χ2n) is 6.16. The molecule has 0 radical (unpaired) electrons. The van der Waals surface area contributed by atoms with Crippen LogP contribution in [0.4, 0.5) is 10.1 Å². The lowest BCUT2D eigenvalue weighted by Gasteiger charge is -2.15. The molecule has 0 amide bonds. The highest BCUT2D eigenvalue weighted by Gasteiger charge is 2.13. The SMILES string of the molecule is COc1cc(CNc2ccccc2C)cc(Cl)c1OCc1ccccc1F. The van der Waals surface area contributed by atoms with E-state index in [0.29, 0.717) is 28.6 Å². The van der Waals surface area contributed by atoms with Crippen LogP contribution in [0.3, 0.4) is 0 Å². The standard InChI is InChI=1S/C22H21ClFNO2/c1-15-7-3-6-10-20(15)25-13-16-11-18(23)22(21(12-16)26-2)27-14-17-8-4-5-9-19(17)24/h3-12,25H,13-14H2,1-2H3. The minimum atomic E-state index is -0.313. The summed E-state index contributed by atoms with van der Waals surface area (Å²) in [6.07, 6.45) is 0. The highest BCUT2D eigenvalue weighted by molar-refractivity contribution is 6.32. The van der Waals surface area contributed by atoms with Crippen LogP contribution < -0.4 is 14.8 Å². The van der Waals surface area contributed by atoms with E-state index in [4.69, 9.17) is 21.1 Å². The first-order valence-electron chi connectivity index (χ1n) is 8.60. The van der Waals surface area contributed by atoms with E-state index in [-0.39, 0.29) is 12.4 Å². The molecule has 3 nitrogen and oxygen atoms in total. The molecule has 0 bridgehead atoms. The van der Waals surface area contributed by atoms with Crippen molar-refractivity contribution >= 4 is 17.3 Å². The highest BCUT2D eigenvalue weighted by Crippen LogP contribution is 2.37. The molecule has 0 saturated heterocycles. The number of halogens is 2. The van der Waals surface area contributed by atoms with Crippen molar-refractivity contribution < 1.29 is 13.9 Å². The normalized spacial score (nSPS) is 10.5. The second-order valence-corrected chi connectivity index (χ2v) is 6.56. The van der Waals surface area contributed by atoms with Gasteiger partial charge in [0.1, 0.15) is 12.4 Å². The molecule has 27 heavy (non-hydrogen) atoms. The fourth-order valence-corrected chi connectivity index (χ4v) is 3.04. The number of rotatable bonds is 7. The summed E-state index contributed by atoms with van der Waals surface area (Å²) in [5.74, 6) is 0.606. The van der Waals surface area contributed by atoms with Gasteiger partial charge < -0.3 is 14.8 Å². The Labute approximate surface area is 163 Å². The van der Waals surface area contributed by atoms with Gasteiger partial charge in [-0.25, -0.2) is 4.39 Å². The lowest BCUT2D eigenvalue weighted by molar-refractivity contribution is 0.280. The van der Waals surface area contributed by atoms with Crippen LogP contribution in [0.2, 0.25) is 5.02 Å². The minimum Gasteiger partial charge on any atom is -0.493 e. The summed E-state index contributed by atoms with van der Waals surface area (Å²) in [6, 6.07) is 18.2. The molecule has 3 rings (SSSR count). The maximum Gasteiger partial charge on any atom is 0.180 e. The van der Waals surface area contributed by atoms with Gasteiger partial charge in [-0.05, 0) is 42.3 Å². The largest absolute Gasteiger partial charge is 0.493 e. The maximum absolute atomic E-state index is 13.8. The molecule has 0 heterocycles. The first-order valence-corrected chi connectivity index (χ1v) is 8.98. The highest BCUT2D eigenvalue weighted by atomic mass is 35.5. The number of nitrogens with one attached hydrogen (secondary N) is 1. The molecule has 0 aliphatic rings. The Morgan fingerprint density at radius 1 is 1.04 bits per heavy atom. The third kappa shape index (κ3) is 4.72. The van der Waals surface area contributed by atoms with Gasteiger partial charge >= 0.3 is 0 Å². The number of hydrogen-bond acceptors (Lipinski definition) is 3. The summed E-state index contributed by atoms with van der Waals surface area (Å²) in [6.45, 7) is 2.72. The Morgan fingerprint density at radius 2 is 1.78 bits per heavy atom. The van der Waals surface area contributed by atoms with Crippen molar-refractivity contribution in [2.75, 3.05) is 12.4 Å². The lowest BCUT2D eigenvalue weighted by atomic mass is 10.1. The van der Waals surface area contributed by atoms with E-state index in [2.05, 4.69) is 18.3 Å². The zero-order valence-corrected chi connectivity index (χ0v) is 16.0. The lowest BCUT2D eigenvalue weighted by Crippen LogP contribution is -2.04. The number of benzene rings is 3. The summed E-state index contributed by atoms with van der Waals surface area (Å²) in [7, 11) is 1.56. The molecule has 0 unspecified atom stereocenters. The molecule has 0 aliphatic carbocycles. The van der Waals surface area contributed by atoms with E-state index in [1.54, 1.807) is 25.3 Å². The Morgan fingerprint density at radius 3 is 2.52 bits per heavy atom. The molecule has 3 aromatic carbocycles. The number of anilines is 1. The van der Waals surface area contributed by atoms with Gasteiger partial charge in [-0.1, -0.05) is 48.0 Å². The van der Waals surface area contributed by atoms with Crippen molar-refractivity contribution in [1.29, 1.82) is 0 Å². The van der Waals surface area contributed by atoms with Gasteiger partial charge in [0.2, 0.25) is 0 Å². The van der Waals surface area contributed by atoms with Crippen LogP contribution in [0.1, 0.15) is 16.7 Å². The number of methoxy groups -OCH3 is 1. The molecule has 5 heteroatoms. The van der Waals surface area contributed by atoms with Crippen LogP contribution in [0, 0.1) is 12.7 Å². The fourth-order valence-electron chi connectivity index (χ4n) is 2.75. The topological polar surface area (TPSA) is 30.5 Å². The van der Waals surface area contributed by atoms with Gasteiger partial charge in [0.05, 0.1) is 12.1 Å². The molecular weight excluding hydrogens is 365 g/mol. The molecular formula is C22H21ClFNO2. The van der Waals surface area contributed by atoms with E-state index in [9.17, 15) is 4.39 Å². The number of aryl methyl sites for hydroxylation is 1. The van der Waals surface area contributed by atoms with Crippen molar-refractivity contribution in [3.63, 3.8) is 0 Å². The van der Waals surface area contributed by atoms with Crippen molar-refractivity contribution in [1.82, 2.24) is 0 Å². The number of para-hydroxylation sites is 1. The van der Waals surface area contributed by atoms with Gasteiger partial charge in [0.25, 0.3) is 0 Å². The summed E-state index contributed by atoms with van der Waals surface area (Å²) in [4.78, 5) is 0. The Balaban J connectivity index is 1.75. The molecule has 0 fully saturated rings. The molecule has 0 aliphatic heterocycles. The monoisotopic (exact) mass is 385 g/mol. The van der Waals surface area contributed by atoms with Crippen molar-refractivity contribution in [2.45, 2.75) is 20.1 Å². The Hall–Kier alpha value is -2.72. The molecule has 3 aromatic rings. The van der Waals surface area contributed by atoms with Gasteiger partial charge in [-0.15, -0.1) is 0 Å². The molecule has 1 N–H and O–H groups in total. The molecule has 140 valence electrons. The zero-order chi connectivity index (χ0) is 19.2. The van der Waals surface area contributed by atoms with Crippen LogP contribution in [0.15, 0.2) is 60.7 Å². The van der Waals surface area contributed by atoms with Gasteiger partial charge in [-0.3, -0.25) is 0 Å². The quantitative estimate of drug-likeness (QED) is 0.542. The van der Waals surface area contributed by atoms with E-state index < -0.39 is 0 Å². The van der Waals surface area contributed by atoms with E-state index in [0.717, 1.165) is 11.3 Å². The van der Waals surface area contributed by atoms with Crippen molar-refractivity contribution in [2.24, 2.45) is 0 Å². The van der Waals surface area contributed by atoms with E-state index >= 15 is 0 Å². The van der Waals surface area contributed by atoms with Crippen LogP contribution in [0.25, 0.3) is 0 Å². The van der Waals surface area contributed by atoms with Gasteiger partial charge in [0.15, 0.2) is 11.5 Å². The first kappa shape index (κ1) is 19.1. The van der Waals surface area contributed by atoms with Crippen LogP contribution >= 0.6 is 11.6 Å². The van der Waals surface area contributed by atoms with E-state index in [1.807, 2.05) is 30.3 Å². The fraction of sp³-hybridized carbons (Fsp3) is 0.182. The molecule has 0 spiro atoms. The average molecular weight is 386 g/mol. The second kappa shape index (κ2) is 8.78. The third-order valence-corrected chi connectivity index (χ3v) is 4.53. The maximum atomic E-state index is 13.8. The Kier molecular flexibility index (Phi) is 6.20.